The van der Waals surface area contributed by atoms with E-state index in [4.69, 9.17) is 23.2 Å². The van der Waals surface area contributed by atoms with E-state index in [9.17, 15) is 4.79 Å². The van der Waals surface area contributed by atoms with E-state index in [2.05, 4.69) is 66.4 Å². The molecule has 1 spiro atoms. The SMILES string of the molecule is Cc1ccc2c(c1)C1(CCN(CC=Cc3ccccc3)CC1)CN2C(=O)c1ccc(Cl)cc1Cl. The second-order valence-electron chi connectivity index (χ2n) is 9.43. The van der Waals surface area contributed by atoms with Crippen LogP contribution in [0.25, 0.3) is 6.08 Å². The van der Waals surface area contributed by atoms with Crippen LogP contribution in [0.1, 0.15) is 39.9 Å². The molecule has 3 aromatic carbocycles. The quantitative estimate of drug-likeness (QED) is 0.392. The highest BCUT2D eigenvalue weighted by Gasteiger charge is 2.46. The fourth-order valence-electron chi connectivity index (χ4n) is 5.27. The third kappa shape index (κ3) is 4.53. The molecule has 174 valence electrons. The first-order chi connectivity index (χ1) is 16.4. The molecule has 0 unspecified atom stereocenters. The average molecular weight is 491 g/mol. The molecule has 3 aromatic rings. The van der Waals surface area contributed by atoms with Crippen LogP contribution in [0.15, 0.2) is 72.8 Å². The number of amides is 1. The number of aryl methyl sites for hydroxylation is 1. The van der Waals surface area contributed by atoms with Crippen LogP contribution in [0.4, 0.5) is 5.69 Å². The van der Waals surface area contributed by atoms with Crippen LogP contribution < -0.4 is 4.90 Å². The van der Waals surface area contributed by atoms with Gasteiger partial charge in [0.05, 0.1) is 10.6 Å². The van der Waals surface area contributed by atoms with Crippen LogP contribution in [0.3, 0.4) is 0 Å². The Morgan fingerprint density at radius 2 is 1.76 bits per heavy atom. The molecule has 2 aliphatic rings. The summed E-state index contributed by atoms with van der Waals surface area (Å²) < 4.78 is 0. The molecule has 1 saturated heterocycles. The van der Waals surface area contributed by atoms with E-state index in [1.807, 2.05) is 11.0 Å². The molecule has 0 aliphatic carbocycles. The van der Waals surface area contributed by atoms with E-state index in [0.717, 1.165) is 38.2 Å². The highest BCUT2D eigenvalue weighted by molar-refractivity contribution is 6.37. The molecule has 34 heavy (non-hydrogen) atoms. The second kappa shape index (κ2) is 9.58. The lowest BCUT2D eigenvalue weighted by Gasteiger charge is -2.39. The summed E-state index contributed by atoms with van der Waals surface area (Å²) >= 11 is 12.5. The van der Waals surface area contributed by atoms with Crippen molar-refractivity contribution in [2.45, 2.75) is 25.2 Å². The molecular weight excluding hydrogens is 463 g/mol. The largest absolute Gasteiger partial charge is 0.307 e. The van der Waals surface area contributed by atoms with Crippen molar-refractivity contribution < 1.29 is 4.79 Å². The smallest absolute Gasteiger partial charge is 0.259 e. The Hall–Kier alpha value is -2.59. The van der Waals surface area contributed by atoms with E-state index in [0.29, 0.717) is 22.2 Å². The van der Waals surface area contributed by atoms with Crippen LogP contribution >= 0.6 is 23.2 Å². The second-order valence-corrected chi connectivity index (χ2v) is 10.3. The number of fused-ring (bicyclic) bond motifs is 2. The lowest BCUT2D eigenvalue weighted by Crippen LogP contribution is -2.46. The monoisotopic (exact) mass is 490 g/mol. The van der Waals surface area contributed by atoms with E-state index in [1.165, 1.54) is 16.7 Å². The number of rotatable bonds is 4. The van der Waals surface area contributed by atoms with E-state index in [-0.39, 0.29) is 11.3 Å². The molecule has 1 fully saturated rings. The summed E-state index contributed by atoms with van der Waals surface area (Å²) in [7, 11) is 0. The van der Waals surface area contributed by atoms with Gasteiger partial charge in [-0.3, -0.25) is 9.69 Å². The van der Waals surface area contributed by atoms with Crippen molar-refractivity contribution in [3.63, 3.8) is 0 Å². The van der Waals surface area contributed by atoms with Crippen molar-refractivity contribution in [3.8, 4) is 0 Å². The summed E-state index contributed by atoms with van der Waals surface area (Å²) in [6.45, 7) is 5.77. The molecule has 0 N–H and O–H groups in total. The Morgan fingerprint density at radius 3 is 2.50 bits per heavy atom. The van der Waals surface area contributed by atoms with Crippen molar-refractivity contribution in [1.29, 1.82) is 0 Å². The fourth-order valence-corrected chi connectivity index (χ4v) is 5.75. The molecular formula is C29H28Cl2N2O. The molecule has 0 aromatic heterocycles. The minimum absolute atomic E-state index is 0.0183. The maximum Gasteiger partial charge on any atom is 0.259 e. The Labute approximate surface area is 211 Å². The van der Waals surface area contributed by atoms with Gasteiger partial charge in [0.2, 0.25) is 0 Å². The first-order valence-corrected chi connectivity index (χ1v) is 12.5. The van der Waals surface area contributed by atoms with Crippen molar-refractivity contribution >= 4 is 40.9 Å². The van der Waals surface area contributed by atoms with E-state index < -0.39 is 0 Å². The lowest BCUT2D eigenvalue weighted by atomic mass is 9.74. The molecule has 0 atom stereocenters. The number of carbonyl (C=O) groups is 1. The molecule has 0 bridgehead atoms. The molecule has 3 nitrogen and oxygen atoms in total. The first-order valence-electron chi connectivity index (χ1n) is 11.8. The standard InChI is InChI=1S/C29H28Cl2N2O/c1-21-9-12-27-25(18-21)29(20-33(27)28(34)24-11-10-23(30)19-26(24)31)13-16-32(17-14-29)15-5-8-22-6-3-2-4-7-22/h2-12,18-19H,13-17,20H2,1H3. The van der Waals surface area contributed by atoms with Crippen molar-refractivity contribution in [2.24, 2.45) is 0 Å². The molecule has 0 saturated carbocycles. The molecule has 0 radical (unpaired) electrons. The number of piperidine rings is 1. The molecule has 2 aliphatic heterocycles. The summed E-state index contributed by atoms with van der Waals surface area (Å²) in [4.78, 5) is 18.0. The van der Waals surface area contributed by atoms with Crippen LogP contribution in [0, 0.1) is 6.92 Å². The van der Waals surface area contributed by atoms with Gasteiger partial charge in [-0.2, -0.15) is 0 Å². The van der Waals surface area contributed by atoms with Gasteiger partial charge in [0.15, 0.2) is 0 Å². The zero-order valence-electron chi connectivity index (χ0n) is 19.3. The van der Waals surface area contributed by atoms with Gasteiger partial charge in [0.25, 0.3) is 5.91 Å². The van der Waals surface area contributed by atoms with Gasteiger partial charge < -0.3 is 4.90 Å². The summed E-state index contributed by atoms with van der Waals surface area (Å²) in [5.41, 5.74) is 5.24. The lowest BCUT2D eigenvalue weighted by molar-refractivity contribution is 0.0978. The normalized spacial score (nSPS) is 17.4. The third-order valence-corrected chi connectivity index (χ3v) is 7.72. The maximum absolute atomic E-state index is 13.6. The minimum atomic E-state index is -0.0585. The van der Waals surface area contributed by atoms with Crippen molar-refractivity contribution in [3.05, 3.63) is 105 Å². The fraction of sp³-hybridized carbons (Fsp3) is 0.276. The summed E-state index contributed by atoms with van der Waals surface area (Å²) in [6, 6.07) is 22.0. The summed E-state index contributed by atoms with van der Waals surface area (Å²) in [5.74, 6) is -0.0585. The van der Waals surface area contributed by atoms with Gasteiger partial charge in [0, 0.05) is 29.2 Å². The van der Waals surface area contributed by atoms with Gasteiger partial charge in [-0.25, -0.2) is 0 Å². The Bertz CT molecular complexity index is 1230. The number of halogens is 2. The van der Waals surface area contributed by atoms with Crippen LogP contribution in [-0.2, 0) is 5.41 Å². The number of nitrogens with zero attached hydrogens (tertiary/aromatic N) is 2. The molecule has 5 heteroatoms. The van der Waals surface area contributed by atoms with Gasteiger partial charge >= 0.3 is 0 Å². The van der Waals surface area contributed by atoms with Gasteiger partial charge in [-0.1, -0.05) is 83.4 Å². The number of hydrogen-bond donors (Lipinski definition) is 0. The predicted octanol–water partition coefficient (Wildman–Crippen LogP) is 7.01. The first kappa shape index (κ1) is 23.2. The minimum Gasteiger partial charge on any atom is -0.307 e. The molecule has 2 heterocycles. The number of carbonyl (C=O) groups excluding carboxylic acids is 1. The highest BCUT2D eigenvalue weighted by atomic mass is 35.5. The summed E-state index contributed by atoms with van der Waals surface area (Å²) in [6.07, 6.45) is 6.49. The topological polar surface area (TPSA) is 23.6 Å². The van der Waals surface area contributed by atoms with Crippen molar-refractivity contribution in [1.82, 2.24) is 4.90 Å². The van der Waals surface area contributed by atoms with Crippen molar-refractivity contribution in [2.75, 3.05) is 31.1 Å². The van der Waals surface area contributed by atoms with Crippen LogP contribution in [0.5, 0.6) is 0 Å². The zero-order valence-corrected chi connectivity index (χ0v) is 20.8. The number of benzene rings is 3. The van der Waals surface area contributed by atoms with Gasteiger partial charge in [-0.05, 0) is 68.2 Å². The summed E-state index contributed by atoms with van der Waals surface area (Å²) in [5, 5.41) is 0.927. The Kier molecular flexibility index (Phi) is 6.52. The molecule has 1 amide bonds. The number of hydrogen-bond acceptors (Lipinski definition) is 2. The zero-order chi connectivity index (χ0) is 23.7. The van der Waals surface area contributed by atoms with Gasteiger partial charge in [0.1, 0.15) is 0 Å². The van der Waals surface area contributed by atoms with Gasteiger partial charge in [-0.15, -0.1) is 0 Å². The molecule has 5 rings (SSSR count). The van der Waals surface area contributed by atoms with E-state index in [1.54, 1.807) is 18.2 Å². The van der Waals surface area contributed by atoms with E-state index >= 15 is 0 Å². The predicted molar refractivity (Wildman–Crippen MR) is 142 cm³/mol. The third-order valence-electron chi connectivity index (χ3n) is 7.17. The number of anilines is 1. The maximum atomic E-state index is 13.6. The Balaban J connectivity index is 1.34. The van der Waals surface area contributed by atoms with Crippen LogP contribution in [0.2, 0.25) is 10.0 Å². The average Bonchev–Trinajstić information content (AvgIpc) is 3.14. The Morgan fingerprint density at radius 1 is 1.00 bits per heavy atom. The number of likely N-dealkylation sites (tertiary alicyclic amines) is 1. The highest BCUT2D eigenvalue weighted by Crippen LogP contribution is 2.48. The van der Waals surface area contributed by atoms with Crippen LogP contribution in [-0.4, -0.2) is 37.0 Å².